The summed E-state index contributed by atoms with van der Waals surface area (Å²) in [6.07, 6.45) is 2.05. The fraction of sp³-hybridized carbons (Fsp3) is 0.571. The van der Waals surface area contributed by atoms with Crippen LogP contribution in [0.15, 0.2) is 11.8 Å². The molecule has 0 bridgehead atoms. The van der Waals surface area contributed by atoms with E-state index in [-0.39, 0.29) is 12.5 Å². The van der Waals surface area contributed by atoms with E-state index in [0.717, 1.165) is 0 Å². The van der Waals surface area contributed by atoms with Crippen LogP contribution < -0.4 is 5.32 Å². The van der Waals surface area contributed by atoms with Crippen LogP contribution in [0.2, 0.25) is 0 Å². The lowest BCUT2D eigenvalue weighted by Crippen LogP contribution is -2.26. The van der Waals surface area contributed by atoms with Gasteiger partial charge in [-0.15, -0.1) is 0 Å². The Morgan fingerprint density at radius 2 is 2.64 bits per heavy atom. The SMILES string of the molecule is O=C(NCCF)C1=COCC1. The first kappa shape index (κ1) is 8.04. The molecule has 0 aromatic rings. The quantitative estimate of drug-likeness (QED) is 0.646. The number of carbonyl (C=O) groups excluding carboxylic acids is 1. The Hall–Kier alpha value is -1.06. The zero-order chi connectivity index (χ0) is 8.10. The van der Waals surface area contributed by atoms with E-state index in [4.69, 9.17) is 4.74 Å². The second-order valence-electron chi connectivity index (χ2n) is 2.21. The molecule has 0 aliphatic carbocycles. The number of alkyl halides is 1. The van der Waals surface area contributed by atoms with Crippen molar-refractivity contribution < 1.29 is 13.9 Å². The molecule has 1 amide bonds. The van der Waals surface area contributed by atoms with E-state index in [1.54, 1.807) is 0 Å². The first-order valence-electron chi connectivity index (χ1n) is 3.49. The Kier molecular flexibility index (Phi) is 2.89. The molecular formula is C7H10FNO2. The normalized spacial score (nSPS) is 15.5. The van der Waals surface area contributed by atoms with Crippen molar-refractivity contribution in [3.8, 4) is 0 Å². The predicted octanol–water partition coefficient (Wildman–Crippen LogP) is 0.376. The lowest BCUT2D eigenvalue weighted by Gasteiger charge is -1.99. The summed E-state index contributed by atoms with van der Waals surface area (Å²) in [5, 5.41) is 2.41. The monoisotopic (exact) mass is 159 g/mol. The van der Waals surface area contributed by atoms with Crippen molar-refractivity contribution in [3.63, 3.8) is 0 Å². The van der Waals surface area contributed by atoms with Crippen molar-refractivity contribution in [3.05, 3.63) is 11.8 Å². The maximum absolute atomic E-state index is 11.6. The van der Waals surface area contributed by atoms with Crippen LogP contribution in [0.3, 0.4) is 0 Å². The zero-order valence-corrected chi connectivity index (χ0v) is 6.10. The fourth-order valence-electron chi connectivity index (χ4n) is 0.829. The van der Waals surface area contributed by atoms with Gasteiger partial charge in [-0.05, 0) is 0 Å². The highest BCUT2D eigenvalue weighted by molar-refractivity contribution is 5.93. The molecule has 11 heavy (non-hydrogen) atoms. The topological polar surface area (TPSA) is 38.3 Å². The molecule has 3 nitrogen and oxygen atoms in total. The highest BCUT2D eigenvalue weighted by Crippen LogP contribution is 2.09. The van der Waals surface area contributed by atoms with Gasteiger partial charge in [-0.25, -0.2) is 4.39 Å². The highest BCUT2D eigenvalue weighted by atomic mass is 19.1. The van der Waals surface area contributed by atoms with Crippen molar-refractivity contribution in [2.45, 2.75) is 6.42 Å². The zero-order valence-electron chi connectivity index (χ0n) is 6.10. The van der Waals surface area contributed by atoms with Gasteiger partial charge in [0.25, 0.3) is 5.91 Å². The van der Waals surface area contributed by atoms with Gasteiger partial charge in [-0.2, -0.15) is 0 Å². The second kappa shape index (κ2) is 3.95. The van der Waals surface area contributed by atoms with Gasteiger partial charge in [0.2, 0.25) is 0 Å². The minimum Gasteiger partial charge on any atom is -0.500 e. The maximum atomic E-state index is 11.6. The van der Waals surface area contributed by atoms with Gasteiger partial charge in [0, 0.05) is 13.0 Å². The number of hydrogen-bond donors (Lipinski definition) is 1. The van der Waals surface area contributed by atoms with Crippen LogP contribution in [-0.2, 0) is 9.53 Å². The molecule has 0 aromatic carbocycles. The van der Waals surface area contributed by atoms with E-state index in [9.17, 15) is 9.18 Å². The van der Waals surface area contributed by atoms with Crippen LogP contribution in [-0.4, -0.2) is 25.7 Å². The van der Waals surface area contributed by atoms with E-state index < -0.39 is 6.67 Å². The largest absolute Gasteiger partial charge is 0.500 e. The Balaban J connectivity index is 2.29. The van der Waals surface area contributed by atoms with Gasteiger partial charge in [0.15, 0.2) is 0 Å². The van der Waals surface area contributed by atoms with Crippen molar-refractivity contribution in [1.29, 1.82) is 0 Å². The van der Waals surface area contributed by atoms with Crippen LogP contribution >= 0.6 is 0 Å². The molecular weight excluding hydrogens is 149 g/mol. The molecule has 0 unspecified atom stereocenters. The summed E-state index contributed by atoms with van der Waals surface area (Å²) in [5.74, 6) is -0.222. The van der Waals surface area contributed by atoms with Crippen LogP contribution in [0.25, 0.3) is 0 Å². The van der Waals surface area contributed by atoms with Crippen molar-refractivity contribution >= 4 is 5.91 Å². The molecule has 1 aliphatic rings. The molecule has 0 atom stereocenters. The molecule has 0 radical (unpaired) electrons. The molecule has 4 heteroatoms. The molecule has 62 valence electrons. The van der Waals surface area contributed by atoms with Crippen molar-refractivity contribution in [1.82, 2.24) is 5.32 Å². The summed E-state index contributed by atoms with van der Waals surface area (Å²) >= 11 is 0. The fourth-order valence-corrected chi connectivity index (χ4v) is 0.829. The van der Waals surface area contributed by atoms with Crippen molar-refractivity contribution in [2.24, 2.45) is 0 Å². The third-order valence-electron chi connectivity index (χ3n) is 1.39. The van der Waals surface area contributed by atoms with E-state index in [1.807, 2.05) is 0 Å². The van der Waals surface area contributed by atoms with Crippen LogP contribution in [0.4, 0.5) is 4.39 Å². The van der Waals surface area contributed by atoms with E-state index in [0.29, 0.717) is 18.6 Å². The Bertz CT molecular complexity index is 179. The molecule has 1 heterocycles. The number of carbonyl (C=O) groups is 1. The van der Waals surface area contributed by atoms with Crippen LogP contribution in [0.1, 0.15) is 6.42 Å². The molecule has 0 saturated heterocycles. The third-order valence-corrected chi connectivity index (χ3v) is 1.39. The summed E-state index contributed by atoms with van der Waals surface area (Å²) in [7, 11) is 0. The number of amides is 1. The summed E-state index contributed by atoms with van der Waals surface area (Å²) in [6.45, 7) is 0.106. The van der Waals surface area contributed by atoms with Gasteiger partial charge in [-0.1, -0.05) is 0 Å². The molecule has 1 rings (SSSR count). The minimum atomic E-state index is -0.528. The minimum absolute atomic E-state index is 0.0795. The lowest BCUT2D eigenvalue weighted by molar-refractivity contribution is -0.117. The number of ether oxygens (including phenoxy) is 1. The number of hydrogen-bond acceptors (Lipinski definition) is 2. The summed E-state index contributed by atoms with van der Waals surface area (Å²) in [5.41, 5.74) is 0.596. The third kappa shape index (κ3) is 2.22. The highest BCUT2D eigenvalue weighted by Gasteiger charge is 2.13. The van der Waals surface area contributed by atoms with Crippen LogP contribution in [0.5, 0.6) is 0 Å². The molecule has 1 N–H and O–H groups in total. The molecule has 0 fully saturated rings. The standard InChI is InChI=1S/C7H10FNO2/c8-2-3-9-7(10)6-1-4-11-5-6/h5H,1-4H2,(H,9,10). The average Bonchev–Trinajstić information content (AvgIpc) is 2.52. The average molecular weight is 159 g/mol. The summed E-state index contributed by atoms with van der Waals surface area (Å²) in [4.78, 5) is 11.0. The van der Waals surface area contributed by atoms with Gasteiger partial charge in [-0.3, -0.25) is 4.79 Å². The van der Waals surface area contributed by atoms with Crippen molar-refractivity contribution in [2.75, 3.05) is 19.8 Å². The Labute approximate surface area is 64.2 Å². The van der Waals surface area contributed by atoms with Crippen LogP contribution in [0, 0.1) is 0 Å². The van der Waals surface area contributed by atoms with Gasteiger partial charge in [0.1, 0.15) is 6.67 Å². The molecule has 0 spiro atoms. The first-order chi connectivity index (χ1) is 5.34. The Morgan fingerprint density at radius 1 is 1.82 bits per heavy atom. The van der Waals surface area contributed by atoms with E-state index >= 15 is 0 Å². The first-order valence-corrected chi connectivity index (χ1v) is 3.49. The number of rotatable bonds is 3. The second-order valence-corrected chi connectivity index (χ2v) is 2.21. The predicted molar refractivity (Wildman–Crippen MR) is 37.6 cm³/mol. The maximum Gasteiger partial charge on any atom is 0.250 e. The van der Waals surface area contributed by atoms with Gasteiger partial charge < -0.3 is 10.1 Å². The van der Waals surface area contributed by atoms with E-state index in [2.05, 4.69) is 5.32 Å². The number of nitrogens with one attached hydrogen (secondary N) is 1. The summed E-state index contributed by atoms with van der Waals surface area (Å²) in [6, 6.07) is 0. The lowest BCUT2D eigenvalue weighted by atomic mass is 10.2. The number of halogens is 1. The molecule has 0 aromatic heterocycles. The van der Waals surface area contributed by atoms with E-state index in [1.165, 1.54) is 6.26 Å². The van der Waals surface area contributed by atoms with Gasteiger partial charge in [0.05, 0.1) is 18.4 Å². The smallest absolute Gasteiger partial charge is 0.250 e. The molecule has 1 aliphatic heterocycles. The van der Waals surface area contributed by atoms with Gasteiger partial charge >= 0.3 is 0 Å². The summed E-state index contributed by atoms with van der Waals surface area (Å²) < 4.78 is 16.4. The Morgan fingerprint density at radius 3 is 3.18 bits per heavy atom. The molecule has 0 saturated carbocycles.